The molecule has 2 N–H and O–H groups in total. The van der Waals surface area contributed by atoms with E-state index >= 15 is 0 Å². The third-order valence-electron chi connectivity index (χ3n) is 4.11. The van der Waals surface area contributed by atoms with Crippen LogP contribution in [0.25, 0.3) is 0 Å². The number of likely N-dealkylation sites (N-methyl/N-ethyl adjacent to an activating group) is 1. The fourth-order valence-electron chi connectivity index (χ4n) is 2.57. The van der Waals surface area contributed by atoms with Crippen molar-refractivity contribution in [3.05, 3.63) is 0 Å². The molecular formula is C14H26N2O2. The Morgan fingerprint density at radius 2 is 2.00 bits per heavy atom. The monoisotopic (exact) mass is 254 g/mol. The molecule has 2 aliphatic rings. The van der Waals surface area contributed by atoms with E-state index in [4.69, 9.17) is 10.5 Å². The molecule has 104 valence electrons. The van der Waals surface area contributed by atoms with Crippen LogP contribution < -0.4 is 5.73 Å². The summed E-state index contributed by atoms with van der Waals surface area (Å²) in [6.45, 7) is 7.10. The van der Waals surface area contributed by atoms with E-state index in [0.717, 1.165) is 31.8 Å². The molecule has 2 aliphatic carbocycles. The Kier molecular flexibility index (Phi) is 4.28. The van der Waals surface area contributed by atoms with Crippen molar-refractivity contribution in [2.45, 2.75) is 45.1 Å². The Bertz CT molecular complexity index is 300. The van der Waals surface area contributed by atoms with Crippen molar-refractivity contribution in [2.75, 3.05) is 26.2 Å². The predicted molar refractivity (Wildman–Crippen MR) is 71.1 cm³/mol. The van der Waals surface area contributed by atoms with Gasteiger partial charge in [-0.2, -0.15) is 0 Å². The molecule has 18 heavy (non-hydrogen) atoms. The van der Waals surface area contributed by atoms with Gasteiger partial charge in [-0.25, -0.2) is 4.79 Å². The molecule has 2 fully saturated rings. The molecule has 0 bridgehead atoms. The molecule has 0 saturated heterocycles. The molecule has 0 spiro atoms. The maximum absolute atomic E-state index is 12.1. The van der Waals surface area contributed by atoms with Crippen molar-refractivity contribution in [3.63, 3.8) is 0 Å². The molecule has 0 heterocycles. The number of hydrogen-bond donors (Lipinski definition) is 1. The van der Waals surface area contributed by atoms with E-state index in [0.29, 0.717) is 19.1 Å². The van der Waals surface area contributed by atoms with Crippen molar-refractivity contribution in [1.82, 2.24) is 4.90 Å². The standard InChI is InChI=1S/C14H26N2O2/c1-3-16(9-11-5-6-11)10-14(15,12-7-8-12)13(17)18-4-2/h11-12H,3-10,15H2,1-2H3. The number of ether oxygens (including phenoxy) is 1. The highest BCUT2D eigenvalue weighted by molar-refractivity contribution is 5.82. The zero-order chi connectivity index (χ0) is 13.2. The lowest BCUT2D eigenvalue weighted by atomic mass is 9.93. The van der Waals surface area contributed by atoms with Crippen LogP contribution in [0.5, 0.6) is 0 Å². The third kappa shape index (κ3) is 3.23. The summed E-state index contributed by atoms with van der Waals surface area (Å²) in [5.74, 6) is 0.946. The van der Waals surface area contributed by atoms with E-state index in [-0.39, 0.29) is 5.97 Å². The Balaban J connectivity index is 1.96. The van der Waals surface area contributed by atoms with E-state index in [1.165, 1.54) is 12.8 Å². The molecule has 2 saturated carbocycles. The third-order valence-corrected chi connectivity index (χ3v) is 4.11. The van der Waals surface area contributed by atoms with Gasteiger partial charge in [0.05, 0.1) is 6.61 Å². The second-order valence-electron chi connectivity index (χ2n) is 5.81. The summed E-state index contributed by atoms with van der Waals surface area (Å²) < 4.78 is 5.18. The minimum absolute atomic E-state index is 0.207. The molecule has 0 aromatic rings. The predicted octanol–water partition coefficient (Wildman–Crippen LogP) is 1.39. The minimum Gasteiger partial charge on any atom is -0.465 e. The molecule has 4 nitrogen and oxygen atoms in total. The zero-order valence-electron chi connectivity index (χ0n) is 11.7. The van der Waals surface area contributed by atoms with E-state index in [1.807, 2.05) is 6.92 Å². The topological polar surface area (TPSA) is 55.6 Å². The van der Waals surface area contributed by atoms with Crippen molar-refractivity contribution in [3.8, 4) is 0 Å². The number of esters is 1. The molecule has 0 radical (unpaired) electrons. The van der Waals surface area contributed by atoms with E-state index in [1.54, 1.807) is 0 Å². The highest BCUT2D eigenvalue weighted by atomic mass is 16.5. The van der Waals surface area contributed by atoms with Crippen molar-refractivity contribution >= 4 is 5.97 Å². The molecule has 1 unspecified atom stereocenters. The molecule has 1 atom stereocenters. The first kappa shape index (κ1) is 13.8. The Morgan fingerprint density at radius 3 is 2.44 bits per heavy atom. The second-order valence-corrected chi connectivity index (χ2v) is 5.81. The van der Waals surface area contributed by atoms with Gasteiger partial charge in [-0.1, -0.05) is 6.92 Å². The number of rotatable bonds is 8. The van der Waals surface area contributed by atoms with Crippen LogP contribution in [0.3, 0.4) is 0 Å². The Hall–Kier alpha value is -0.610. The molecule has 0 amide bonds. The fraction of sp³-hybridized carbons (Fsp3) is 0.929. The smallest absolute Gasteiger partial charge is 0.327 e. The van der Waals surface area contributed by atoms with Crippen LogP contribution in [0.4, 0.5) is 0 Å². The van der Waals surface area contributed by atoms with Gasteiger partial charge in [0.15, 0.2) is 0 Å². The van der Waals surface area contributed by atoms with Gasteiger partial charge in [0.25, 0.3) is 0 Å². The summed E-state index contributed by atoms with van der Waals surface area (Å²) in [5, 5.41) is 0. The average molecular weight is 254 g/mol. The lowest BCUT2D eigenvalue weighted by Crippen LogP contribution is -2.58. The number of carbonyl (C=O) groups is 1. The highest BCUT2D eigenvalue weighted by Gasteiger charge is 2.50. The van der Waals surface area contributed by atoms with Crippen LogP contribution in [-0.2, 0) is 9.53 Å². The van der Waals surface area contributed by atoms with Gasteiger partial charge in [0.2, 0.25) is 0 Å². The van der Waals surface area contributed by atoms with Gasteiger partial charge in [-0.05, 0) is 51.0 Å². The quantitative estimate of drug-likeness (QED) is 0.665. The number of nitrogens with zero attached hydrogens (tertiary/aromatic N) is 1. The maximum Gasteiger partial charge on any atom is 0.327 e. The lowest BCUT2D eigenvalue weighted by molar-refractivity contribution is -0.151. The van der Waals surface area contributed by atoms with Crippen molar-refractivity contribution < 1.29 is 9.53 Å². The molecule has 4 heteroatoms. The van der Waals surface area contributed by atoms with Crippen molar-refractivity contribution in [1.29, 1.82) is 0 Å². The number of carbonyl (C=O) groups excluding carboxylic acids is 1. The van der Waals surface area contributed by atoms with Crippen LogP contribution in [0, 0.1) is 11.8 Å². The van der Waals surface area contributed by atoms with Gasteiger partial charge < -0.3 is 15.4 Å². The lowest BCUT2D eigenvalue weighted by Gasteiger charge is -2.33. The molecule has 0 aromatic heterocycles. The van der Waals surface area contributed by atoms with E-state index in [9.17, 15) is 4.79 Å². The van der Waals surface area contributed by atoms with Gasteiger partial charge >= 0.3 is 5.97 Å². The van der Waals surface area contributed by atoms with E-state index < -0.39 is 5.54 Å². The highest BCUT2D eigenvalue weighted by Crippen LogP contribution is 2.40. The normalized spacial score (nSPS) is 22.9. The zero-order valence-corrected chi connectivity index (χ0v) is 11.7. The Morgan fingerprint density at radius 1 is 1.33 bits per heavy atom. The summed E-state index contributed by atoms with van der Waals surface area (Å²) in [5.41, 5.74) is 5.61. The SMILES string of the molecule is CCOC(=O)C(N)(CN(CC)CC1CC1)C1CC1. The first-order valence-electron chi connectivity index (χ1n) is 7.28. The summed E-state index contributed by atoms with van der Waals surface area (Å²) in [6, 6.07) is 0. The first-order valence-corrected chi connectivity index (χ1v) is 7.28. The van der Waals surface area contributed by atoms with Gasteiger partial charge in [-0.15, -0.1) is 0 Å². The Labute approximate surface area is 110 Å². The van der Waals surface area contributed by atoms with Crippen LogP contribution in [0.15, 0.2) is 0 Å². The van der Waals surface area contributed by atoms with Gasteiger partial charge in [0, 0.05) is 13.1 Å². The summed E-state index contributed by atoms with van der Waals surface area (Å²) in [4.78, 5) is 14.5. The summed E-state index contributed by atoms with van der Waals surface area (Å²) in [6.07, 6.45) is 4.79. The minimum atomic E-state index is -0.777. The average Bonchev–Trinajstić information content (AvgIpc) is 3.19. The number of hydrogen-bond acceptors (Lipinski definition) is 4. The van der Waals surface area contributed by atoms with Crippen LogP contribution in [0.1, 0.15) is 39.5 Å². The maximum atomic E-state index is 12.1. The van der Waals surface area contributed by atoms with E-state index in [2.05, 4.69) is 11.8 Å². The molecule has 0 aliphatic heterocycles. The van der Waals surface area contributed by atoms with Gasteiger partial charge in [0.1, 0.15) is 5.54 Å². The van der Waals surface area contributed by atoms with Crippen molar-refractivity contribution in [2.24, 2.45) is 17.6 Å². The van der Waals surface area contributed by atoms with Gasteiger partial charge in [-0.3, -0.25) is 0 Å². The van der Waals surface area contributed by atoms with Crippen LogP contribution in [0.2, 0.25) is 0 Å². The largest absolute Gasteiger partial charge is 0.465 e. The number of nitrogens with two attached hydrogens (primary N) is 1. The molecule has 0 aromatic carbocycles. The van der Waals surface area contributed by atoms with Crippen LogP contribution >= 0.6 is 0 Å². The molecule has 2 rings (SSSR count). The molecular weight excluding hydrogens is 228 g/mol. The van der Waals surface area contributed by atoms with Crippen LogP contribution in [-0.4, -0.2) is 42.6 Å². The first-order chi connectivity index (χ1) is 8.60. The fourth-order valence-corrected chi connectivity index (χ4v) is 2.57. The summed E-state index contributed by atoms with van der Waals surface area (Å²) in [7, 11) is 0. The summed E-state index contributed by atoms with van der Waals surface area (Å²) >= 11 is 0. The second kappa shape index (κ2) is 5.57.